The fourth-order valence-corrected chi connectivity index (χ4v) is 3.57. The highest BCUT2D eigenvalue weighted by atomic mass is 35.5. The van der Waals surface area contributed by atoms with E-state index in [0.717, 1.165) is 31.2 Å². The highest BCUT2D eigenvalue weighted by Gasteiger charge is 2.43. The van der Waals surface area contributed by atoms with Gasteiger partial charge in [0.25, 0.3) is 0 Å². The Labute approximate surface area is 140 Å². The number of hydrogen-bond acceptors (Lipinski definition) is 2. The molecule has 1 aromatic carbocycles. The molecule has 1 fully saturated rings. The van der Waals surface area contributed by atoms with Crippen LogP contribution in [-0.2, 0) is 11.2 Å². The van der Waals surface area contributed by atoms with Crippen molar-refractivity contribution in [2.45, 2.75) is 32.1 Å². The number of carbonyl (C=O) groups is 1. The second kappa shape index (κ2) is 6.95. The molecule has 114 valence electrons. The lowest BCUT2D eigenvalue weighted by Gasteiger charge is -2.26. The molecule has 0 spiro atoms. The Morgan fingerprint density at radius 3 is 2.57 bits per heavy atom. The van der Waals surface area contributed by atoms with E-state index in [4.69, 9.17) is 41.2 Å². The van der Waals surface area contributed by atoms with Gasteiger partial charge >= 0.3 is 0 Å². The van der Waals surface area contributed by atoms with E-state index in [1.54, 1.807) is 12.1 Å². The summed E-state index contributed by atoms with van der Waals surface area (Å²) < 4.78 is 0. The molecule has 1 saturated carbocycles. The Bertz CT molecular complexity index is 557. The molecule has 0 heterocycles. The van der Waals surface area contributed by atoms with Crippen molar-refractivity contribution >= 4 is 46.3 Å². The van der Waals surface area contributed by atoms with Gasteiger partial charge in [-0.2, -0.15) is 0 Å². The number of nitrogens with one attached hydrogen (secondary N) is 1. The Morgan fingerprint density at radius 2 is 2.00 bits per heavy atom. The number of halogens is 2. The predicted octanol–water partition coefficient (Wildman–Crippen LogP) is 3.50. The first-order chi connectivity index (χ1) is 9.95. The molecule has 6 heteroatoms. The molecule has 0 unspecified atom stereocenters. The molecule has 0 radical (unpaired) electrons. The van der Waals surface area contributed by atoms with Crippen molar-refractivity contribution in [1.82, 2.24) is 5.32 Å². The first-order valence-electron chi connectivity index (χ1n) is 6.98. The first-order valence-corrected chi connectivity index (χ1v) is 8.14. The van der Waals surface area contributed by atoms with Crippen molar-refractivity contribution in [3.8, 4) is 0 Å². The highest BCUT2D eigenvalue weighted by Crippen LogP contribution is 2.38. The van der Waals surface area contributed by atoms with Gasteiger partial charge in [-0.25, -0.2) is 0 Å². The molecule has 3 nitrogen and oxygen atoms in total. The van der Waals surface area contributed by atoms with Crippen LogP contribution in [0.25, 0.3) is 0 Å². The Morgan fingerprint density at radius 1 is 1.33 bits per heavy atom. The minimum atomic E-state index is -0.654. The minimum absolute atomic E-state index is 0.0578. The van der Waals surface area contributed by atoms with Gasteiger partial charge < -0.3 is 11.1 Å². The van der Waals surface area contributed by atoms with Crippen LogP contribution in [0.2, 0.25) is 10.0 Å². The van der Waals surface area contributed by atoms with E-state index in [0.29, 0.717) is 28.0 Å². The van der Waals surface area contributed by atoms with E-state index in [9.17, 15) is 4.79 Å². The van der Waals surface area contributed by atoms with Gasteiger partial charge in [0.05, 0.1) is 10.4 Å². The fraction of sp³-hybridized carbons (Fsp3) is 0.467. The zero-order valence-electron chi connectivity index (χ0n) is 11.6. The second-order valence-corrected chi connectivity index (χ2v) is 6.68. The van der Waals surface area contributed by atoms with Crippen LogP contribution in [-0.4, -0.2) is 17.4 Å². The highest BCUT2D eigenvalue weighted by molar-refractivity contribution is 7.80. The van der Waals surface area contributed by atoms with Gasteiger partial charge in [0.1, 0.15) is 0 Å². The maximum Gasteiger partial charge on any atom is 0.233 e. The SMILES string of the molecule is NC(=S)C1(C(=O)NCCc2ccc(Cl)cc2Cl)CCCC1. The Kier molecular flexibility index (Phi) is 5.47. The molecular formula is C15H18Cl2N2OS. The van der Waals surface area contributed by atoms with E-state index in [2.05, 4.69) is 5.32 Å². The fourth-order valence-electron chi connectivity index (χ4n) is 2.77. The van der Waals surface area contributed by atoms with Gasteiger partial charge in [0.2, 0.25) is 5.91 Å². The summed E-state index contributed by atoms with van der Waals surface area (Å²) in [6.45, 7) is 0.505. The number of carbonyl (C=O) groups excluding carboxylic acids is 1. The monoisotopic (exact) mass is 344 g/mol. The normalized spacial score (nSPS) is 16.7. The first kappa shape index (κ1) is 16.5. The smallest absolute Gasteiger partial charge is 0.233 e. The average molecular weight is 345 g/mol. The largest absolute Gasteiger partial charge is 0.392 e. The van der Waals surface area contributed by atoms with Crippen molar-refractivity contribution in [3.63, 3.8) is 0 Å². The van der Waals surface area contributed by atoms with Gasteiger partial charge in [-0.05, 0) is 37.0 Å². The molecule has 0 saturated heterocycles. The van der Waals surface area contributed by atoms with Crippen LogP contribution in [0.15, 0.2) is 18.2 Å². The van der Waals surface area contributed by atoms with Crippen LogP contribution in [0.5, 0.6) is 0 Å². The molecule has 21 heavy (non-hydrogen) atoms. The summed E-state index contributed by atoms with van der Waals surface area (Å²) in [7, 11) is 0. The van der Waals surface area contributed by atoms with Gasteiger partial charge in [-0.3, -0.25) is 4.79 Å². The van der Waals surface area contributed by atoms with Crippen molar-refractivity contribution in [1.29, 1.82) is 0 Å². The molecule has 0 bridgehead atoms. The number of amides is 1. The van der Waals surface area contributed by atoms with Crippen LogP contribution in [0.3, 0.4) is 0 Å². The van der Waals surface area contributed by atoms with E-state index in [1.807, 2.05) is 6.07 Å². The lowest BCUT2D eigenvalue weighted by Crippen LogP contribution is -2.47. The van der Waals surface area contributed by atoms with Crippen molar-refractivity contribution < 1.29 is 4.79 Å². The van der Waals surface area contributed by atoms with Crippen LogP contribution in [0.1, 0.15) is 31.2 Å². The zero-order chi connectivity index (χ0) is 15.5. The summed E-state index contributed by atoms with van der Waals surface area (Å²) in [6.07, 6.45) is 4.13. The number of rotatable bonds is 5. The van der Waals surface area contributed by atoms with Crippen LogP contribution < -0.4 is 11.1 Å². The van der Waals surface area contributed by atoms with Crippen LogP contribution in [0.4, 0.5) is 0 Å². The van der Waals surface area contributed by atoms with Gasteiger partial charge in [-0.15, -0.1) is 0 Å². The third kappa shape index (κ3) is 3.68. The molecule has 3 N–H and O–H groups in total. The van der Waals surface area contributed by atoms with Crippen molar-refractivity contribution in [2.24, 2.45) is 11.1 Å². The number of nitrogens with two attached hydrogens (primary N) is 1. The number of hydrogen-bond donors (Lipinski definition) is 2. The second-order valence-electron chi connectivity index (χ2n) is 5.40. The summed E-state index contributed by atoms with van der Waals surface area (Å²) in [5.74, 6) is -0.0578. The third-order valence-corrected chi connectivity index (χ3v) is 5.04. The van der Waals surface area contributed by atoms with E-state index < -0.39 is 5.41 Å². The van der Waals surface area contributed by atoms with Gasteiger partial charge in [-0.1, -0.05) is 54.3 Å². The maximum atomic E-state index is 12.4. The molecule has 1 aliphatic carbocycles. The third-order valence-electron chi connectivity index (χ3n) is 4.06. The summed E-state index contributed by atoms with van der Waals surface area (Å²) in [5.41, 5.74) is 6.09. The summed E-state index contributed by atoms with van der Waals surface area (Å²) in [4.78, 5) is 12.7. The summed E-state index contributed by atoms with van der Waals surface area (Å²) >= 11 is 17.1. The van der Waals surface area contributed by atoms with Gasteiger partial charge in [0, 0.05) is 16.6 Å². The van der Waals surface area contributed by atoms with E-state index in [-0.39, 0.29) is 5.91 Å². The van der Waals surface area contributed by atoms with Crippen LogP contribution in [0, 0.1) is 5.41 Å². The molecule has 0 aromatic heterocycles. The molecule has 0 aliphatic heterocycles. The Balaban J connectivity index is 1.93. The molecule has 0 atom stereocenters. The molecule has 1 aromatic rings. The van der Waals surface area contributed by atoms with Crippen molar-refractivity contribution in [3.05, 3.63) is 33.8 Å². The van der Waals surface area contributed by atoms with E-state index in [1.165, 1.54) is 0 Å². The standard InChI is InChI=1S/C15H18Cl2N2OS/c16-11-4-3-10(12(17)9-11)5-8-19-14(20)15(13(18)21)6-1-2-7-15/h3-4,9H,1-2,5-8H2,(H2,18,21)(H,19,20). The van der Waals surface area contributed by atoms with E-state index >= 15 is 0 Å². The molecular weight excluding hydrogens is 327 g/mol. The molecule has 2 rings (SSSR count). The van der Waals surface area contributed by atoms with Crippen LogP contribution >= 0.6 is 35.4 Å². The summed E-state index contributed by atoms with van der Waals surface area (Å²) in [6, 6.07) is 5.36. The van der Waals surface area contributed by atoms with Gasteiger partial charge in [0.15, 0.2) is 0 Å². The molecule has 1 amide bonds. The zero-order valence-corrected chi connectivity index (χ0v) is 14.0. The average Bonchev–Trinajstić information content (AvgIpc) is 2.92. The summed E-state index contributed by atoms with van der Waals surface area (Å²) in [5, 5.41) is 4.15. The Hall–Kier alpha value is -0.840. The lowest BCUT2D eigenvalue weighted by molar-refractivity contribution is -0.127. The quantitative estimate of drug-likeness (QED) is 0.803. The molecule has 1 aliphatic rings. The predicted molar refractivity (Wildman–Crippen MR) is 90.9 cm³/mol. The lowest BCUT2D eigenvalue weighted by atomic mass is 9.85. The minimum Gasteiger partial charge on any atom is -0.392 e. The number of benzene rings is 1. The van der Waals surface area contributed by atoms with Crippen molar-refractivity contribution in [2.75, 3.05) is 6.54 Å². The maximum absolute atomic E-state index is 12.4. The number of thiocarbonyl (C=S) groups is 1. The topological polar surface area (TPSA) is 55.1 Å².